The summed E-state index contributed by atoms with van der Waals surface area (Å²) in [5.74, 6) is 9.98. The van der Waals surface area contributed by atoms with Crippen LogP contribution in [-0.2, 0) is 4.74 Å². The summed E-state index contributed by atoms with van der Waals surface area (Å²) >= 11 is 0. The average molecular weight is 767 g/mol. The van der Waals surface area contributed by atoms with Crippen molar-refractivity contribution in [2.75, 3.05) is 13.2 Å². The molecule has 1 nitrogen and oxygen atoms in total. The van der Waals surface area contributed by atoms with Crippen LogP contribution in [0.4, 0.5) is 0 Å². The van der Waals surface area contributed by atoms with Crippen molar-refractivity contribution in [2.45, 2.75) is 272 Å². The Balaban J connectivity index is 1.26. The van der Waals surface area contributed by atoms with Gasteiger partial charge in [-0.1, -0.05) is 207 Å². The lowest BCUT2D eigenvalue weighted by atomic mass is 9.65. The fourth-order valence-electron chi connectivity index (χ4n) is 13.3. The van der Waals surface area contributed by atoms with Crippen LogP contribution in [0.25, 0.3) is 0 Å². The van der Waals surface area contributed by atoms with Crippen LogP contribution >= 0.6 is 0 Å². The smallest absolute Gasteiger partial charge is 0.0468 e. The van der Waals surface area contributed by atoms with Crippen molar-refractivity contribution in [1.29, 1.82) is 0 Å². The van der Waals surface area contributed by atoms with Crippen molar-refractivity contribution in [1.82, 2.24) is 0 Å². The first kappa shape index (κ1) is 47.6. The Kier molecular flexibility index (Phi) is 26.0. The summed E-state index contributed by atoms with van der Waals surface area (Å²) in [5.41, 5.74) is 0. The van der Waals surface area contributed by atoms with Crippen LogP contribution in [0.15, 0.2) is 0 Å². The summed E-state index contributed by atoms with van der Waals surface area (Å²) in [5, 5.41) is 0. The van der Waals surface area contributed by atoms with Crippen LogP contribution in [-0.4, -0.2) is 13.2 Å². The van der Waals surface area contributed by atoms with Gasteiger partial charge in [0, 0.05) is 13.2 Å². The van der Waals surface area contributed by atoms with E-state index in [0.717, 1.165) is 72.4 Å². The van der Waals surface area contributed by atoms with Gasteiger partial charge in [-0.2, -0.15) is 0 Å². The molecule has 0 bridgehead atoms. The second-order valence-corrected chi connectivity index (χ2v) is 21.0. The molecule has 4 aliphatic carbocycles. The normalized spacial score (nSPS) is 30.3. The summed E-state index contributed by atoms with van der Waals surface area (Å²) in [6.45, 7) is 11.5. The molecule has 0 amide bonds. The van der Waals surface area contributed by atoms with Crippen molar-refractivity contribution >= 4 is 0 Å². The van der Waals surface area contributed by atoms with E-state index in [9.17, 15) is 0 Å². The maximum absolute atomic E-state index is 6.84. The molecule has 0 aliphatic heterocycles. The summed E-state index contributed by atoms with van der Waals surface area (Å²) < 4.78 is 6.84. The van der Waals surface area contributed by atoms with Crippen LogP contribution in [0.1, 0.15) is 272 Å². The largest absolute Gasteiger partial charge is 0.381 e. The molecule has 0 aromatic carbocycles. The lowest BCUT2D eigenvalue weighted by molar-refractivity contribution is 0.0367. The second-order valence-electron chi connectivity index (χ2n) is 21.0. The minimum absolute atomic E-state index is 0.943. The minimum Gasteiger partial charge on any atom is -0.381 e. The van der Waals surface area contributed by atoms with E-state index >= 15 is 0 Å². The Hall–Kier alpha value is -0.0400. The molecule has 2 unspecified atom stereocenters. The minimum atomic E-state index is 0.943. The molecule has 0 aromatic rings. The standard InChI is InChI=1S/C54H102O/c1-5-9-13-15-19-23-47-29-37-51(38-30-47)53(49-33-25-45(26-34-49)21-17-11-7-3)41-43-55-44-42-54(50-35-27-46(28-36-50)22-18-12-8-4)52-39-31-48(32-40-52)24-20-16-14-10-6-2/h45-54H,5-44H2,1-4H3. The average Bonchev–Trinajstić information content (AvgIpc) is 3.22. The Morgan fingerprint density at radius 2 is 0.545 bits per heavy atom. The zero-order chi connectivity index (χ0) is 38.8. The molecule has 4 aliphatic rings. The van der Waals surface area contributed by atoms with Crippen LogP contribution in [0.2, 0.25) is 0 Å². The van der Waals surface area contributed by atoms with Gasteiger partial charge < -0.3 is 4.74 Å². The highest BCUT2D eigenvalue weighted by Crippen LogP contribution is 2.47. The van der Waals surface area contributed by atoms with Gasteiger partial charge in [-0.3, -0.25) is 0 Å². The van der Waals surface area contributed by atoms with Crippen molar-refractivity contribution < 1.29 is 4.74 Å². The van der Waals surface area contributed by atoms with Gasteiger partial charge in [0.15, 0.2) is 0 Å². The van der Waals surface area contributed by atoms with Gasteiger partial charge >= 0.3 is 0 Å². The van der Waals surface area contributed by atoms with Gasteiger partial charge in [0.05, 0.1) is 0 Å². The molecule has 55 heavy (non-hydrogen) atoms. The highest BCUT2D eigenvalue weighted by Gasteiger charge is 2.36. The highest BCUT2D eigenvalue weighted by atomic mass is 16.5. The Bertz CT molecular complexity index is 778. The predicted octanol–water partition coefficient (Wildman–Crippen LogP) is 18.1. The SMILES string of the molecule is CCCCCCCC1CCC(C(CCOCCC(C2CCC(CCCCC)CC2)C2CCC(CCCCCCC)CC2)C2CCC(CCCCC)CC2)CC1. The highest BCUT2D eigenvalue weighted by molar-refractivity contribution is 4.87. The van der Waals surface area contributed by atoms with Gasteiger partial charge in [-0.15, -0.1) is 0 Å². The first-order valence-electron chi connectivity index (χ1n) is 26.7. The third kappa shape index (κ3) is 18.8. The summed E-state index contributed by atoms with van der Waals surface area (Å²) in [7, 11) is 0. The third-order valence-electron chi connectivity index (χ3n) is 17.0. The molecule has 4 rings (SSSR count). The fraction of sp³-hybridized carbons (Fsp3) is 1.00. The fourth-order valence-corrected chi connectivity index (χ4v) is 13.3. The monoisotopic (exact) mass is 767 g/mol. The van der Waals surface area contributed by atoms with Gasteiger partial charge in [0.1, 0.15) is 0 Å². The maximum atomic E-state index is 6.84. The first-order chi connectivity index (χ1) is 27.1. The number of rotatable bonds is 30. The van der Waals surface area contributed by atoms with E-state index < -0.39 is 0 Å². The van der Waals surface area contributed by atoms with Crippen molar-refractivity contribution in [3.8, 4) is 0 Å². The van der Waals surface area contributed by atoms with Gasteiger partial charge in [-0.05, 0) is 123 Å². The second kappa shape index (κ2) is 30.1. The first-order valence-corrected chi connectivity index (χ1v) is 26.7. The van der Waals surface area contributed by atoms with Crippen LogP contribution in [0.3, 0.4) is 0 Å². The molecule has 0 spiro atoms. The molecule has 0 radical (unpaired) electrons. The van der Waals surface area contributed by atoms with Gasteiger partial charge in [0.25, 0.3) is 0 Å². The molecular formula is C54H102O. The topological polar surface area (TPSA) is 9.23 Å². The number of hydrogen-bond acceptors (Lipinski definition) is 1. The number of ether oxygens (including phenoxy) is 1. The van der Waals surface area contributed by atoms with Crippen molar-refractivity contribution in [3.05, 3.63) is 0 Å². The summed E-state index contributed by atoms with van der Waals surface area (Å²) in [6, 6.07) is 0. The molecule has 0 aromatic heterocycles. The van der Waals surface area contributed by atoms with E-state index in [1.165, 1.54) is 244 Å². The lowest BCUT2D eigenvalue weighted by Crippen LogP contribution is -2.32. The van der Waals surface area contributed by atoms with Gasteiger partial charge in [0.2, 0.25) is 0 Å². The Labute approximate surface area is 347 Å². The van der Waals surface area contributed by atoms with Crippen molar-refractivity contribution in [2.24, 2.45) is 59.2 Å². The van der Waals surface area contributed by atoms with Crippen LogP contribution in [0.5, 0.6) is 0 Å². The number of hydrogen-bond donors (Lipinski definition) is 0. The van der Waals surface area contributed by atoms with Crippen LogP contribution < -0.4 is 0 Å². The number of unbranched alkanes of at least 4 members (excludes halogenated alkanes) is 12. The Morgan fingerprint density at radius 1 is 0.309 bits per heavy atom. The maximum Gasteiger partial charge on any atom is 0.0468 e. The molecule has 324 valence electrons. The zero-order valence-electron chi connectivity index (χ0n) is 38.5. The molecule has 0 heterocycles. The Morgan fingerprint density at radius 3 is 0.818 bits per heavy atom. The van der Waals surface area contributed by atoms with Gasteiger partial charge in [-0.25, -0.2) is 0 Å². The molecule has 4 saturated carbocycles. The van der Waals surface area contributed by atoms with E-state index in [1.807, 2.05) is 0 Å². The molecule has 4 fully saturated rings. The molecule has 0 N–H and O–H groups in total. The van der Waals surface area contributed by atoms with E-state index in [-0.39, 0.29) is 0 Å². The summed E-state index contributed by atoms with van der Waals surface area (Å²) in [6.07, 6.45) is 56.5. The predicted molar refractivity (Wildman–Crippen MR) is 244 cm³/mol. The van der Waals surface area contributed by atoms with E-state index in [4.69, 9.17) is 4.74 Å². The van der Waals surface area contributed by atoms with Crippen LogP contribution in [0, 0.1) is 59.2 Å². The molecular weight excluding hydrogens is 665 g/mol. The van der Waals surface area contributed by atoms with Crippen molar-refractivity contribution in [3.63, 3.8) is 0 Å². The molecule has 2 atom stereocenters. The quantitative estimate of drug-likeness (QED) is 0.0662. The molecule has 0 saturated heterocycles. The third-order valence-corrected chi connectivity index (χ3v) is 17.0. The molecule has 1 heteroatoms. The zero-order valence-corrected chi connectivity index (χ0v) is 38.5. The van der Waals surface area contributed by atoms with E-state index in [1.54, 1.807) is 0 Å². The lowest BCUT2D eigenvalue weighted by Gasteiger charge is -2.41. The summed E-state index contributed by atoms with van der Waals surface area (Å²) in [4.78, 5) is 0. The van der Waals surface area contributed by atoms with E-state index in [0.29, 0.717) is 0 Å². The van der Waals surface area contributed by atoms with E-state index in [2.05, 4.69) is 27.7 Å².